The predicted molar refractivity (Wildman–Crippen MR) is 79.9 cm³/mol. The Labute approximate surface area is 120 Å². The first-order valence-electron chi connectivity index (χ1n) is 6.97. The lowest BCUT2D eigenvalue weighted by atomic mass is 10.2. The molecule has 1 aromatic rings. The minimum absolute atomic E-state index is 0.109. The molecule has 0 heterocycles. The van der Waals surface area contributed by atoms with Crippen LogP contribution in [0.25, 0.3) is 0 Å². The molecule has 0 bridgehead atoms. The summed E-state index contributed by atoms with van der Waals surface area (Å²) in [6.45, 7) is 1.66. The van der Waals surface area contributed by atoms with Gasteiger partial charge in [0.15, 0.2) is 0 Å². The number of hydrogen-bond donors (Lipinski definition) is 2. The molecule has 1 aromatic carbocycles. The molecule has 0 saturated heterocycles. The van der Waals surface area contributed by atoms with E-state index in [2.05, 4.69) is 10.2 Å². The molecule has 1 saturated carbocycles. The summed E-state index contributed by atoms with van der Waals surface area (Å²) in [5.41, 5.74) is 5.94. The van der Waals surface area contributed by atoms with Gasteiger partial charge in [0.25, 0.3) is 0 Å². The number of nitrogens with two attached hydrogens (primary N) is 1. The molecule has 20 heavy (non-hydrogen) atoms. The van der Waals surface area contributed by atoms with Crippen LogP contribution < -0.4 is 15.8 Å². The van der Waals surface area contributed by atoms with Crippen LogP contribution in [-0.4, -0.2) is 43.6 Å². The average Bonchev–Trinajstić information content (AvgIpc) is 3.14. The van der Waals surface area contributed by atoms with Crippen molar-refractivity contribution in [3.63, 3.8) is 0 Å². The molecule has 0 aromatic heterocycles. The molecular weight excluding hydrogens is 254 g/mol. The molecule has 110 valence electrons. The maximum atomic E-state index is 11.9. The molecule has 0 radical (unpaired) electrons. The number of ether oxygens (including phenoxy) is 1. The van der Waals surface area contributed by atoms with Gasteiger partial charge >= 0.3 is 0 Å². The summed E-state index contributed by atoms with van der Waals surface area (Å²) in [5.74, 6) is 0.658. The van der Waals surface area contributed by atoms with Crippen molar-refractivity contribution < 1.29 is 9.53 Å². The lowest BCUT2D eigenvalue weighted by molar-refractivity contribution is -0.118. The summed E-state index contributed by atoms with van der Waals surface area (Å²) in [6.07, 6.45) is 2.49. The quantitative estimate of drug-likeness (QED) is 0.740. The minimum atomic E-state index is -0.650. The number of carbonyl (C=O) groups is 1. The Morgan fingerprint density at radius 3 is 2.85 bits per heavy atom. The highest BCUT2D eigenvalue weighted by molar-refractivity contribution is 6.00. The summed E-state index contributed by atoms with van der Waals surface area (Å²) < 4.78 is 5.67. The number of hydrogen-bond acceptors (Lipinski definition) is 4. The van der Waals surface area contributed by atoms with Crippen LogP contribution in [-0.2, 0) is 4.79 Å². The molecule has 0 unspecified atom stereocenters. The third-order valence-electron chi connectivity index (χ3n) is 3.35. The topological polar surface area (TPSA) is 67.6 Å². The first kappa shape index (κ1) is 14.8. The van der Waals surface area contributed by atoms with Crippen LogP contribution in [0.1, 0.15) is 19.3 Å². The number of rotatable bonds is 7. The zero-order valence-corrected chi connectivity index (χ0v) is 12.2. The third kappa shape index (κ3) is 4.21. The summed E-state index contributed by atoms with van der Waals surface area (Å²) in [4.78, 5) is 14.0. The molecule has 1 amide bonds. The Morgan fingerprint density at radius 2 is 2.20 bits per heavy atom. The van der Waals surface area contributed by atoms with E-state index in [1.165, 1.54) is 0 Å². The fraction of sp³-hybridized carbons (Fsp3) is 0.533. The maximum absolute atomic E-state index is 11.9. The summed E-state index contributed by atoms with van der Waals surface area (Å²) in [5, 5.41) is 2.84. The summed E-state index contributed by atoms with van der Waals surface area (Å²) in [6, 6.07) is 7.43. The average molecular weight is 277 g/mol. The van der Waals surface area contributed by atoms with E-state index in [1.54, 1.807) is 0 Å². The van der Waals surface area contributed by atoms with Gasteiger partial charge in [-0.2, -0.15) is 0 Å². The van der Waals surface area contributed by atoms with Crippen LogP contribution in [0.15, 0.2) is 24.3 Å². The van der Waals surface area contributed by atoms with Crippen LogP contribution in [0, 0.1) is 0 Å². The van der Waals surface area contributed by atoms with Gasteiger partial charge in [0, 0.05) is 18.3 Å². The second-order valence-corrected chi connectivity index (χ2v) is 5.64. The van der Waals surface area contributed by atoms with Crippen LogP contribution in [0.4, 0.5) is 5.69 Å². The SMILES string of the molecule is CN(C)CCCOc1cccc(NC(=O)C2(N)CC2)c1. The highest BCUT2D eigenvalue weighted by atomic mass is 16.5. The van der Waals surface area contributed by atoms with E-state index >= 15 is 0 Å². The van der Waals surface area contributed by atoms with Gasteiger partial charge in [-0.3, -0.25) is 4.79 Å². The fourth-order valence-electron chi connectivity index (χ4n) is 1.85. The molecule has 1 aliphatic rings. The molecule has 0 atom stereocenters. The Morgan fingerprint density at radius 1 is 1.45 bits per heavy atom. The molecule has 3 N–H and O–H groups in total. The van der Waals surface area contributed by atoms with Gasteiger partial charge in [-0.25, -0.2) is 0 Å². The van der Waals surface area contributed by atoms with E-state index in [1.807, 2.05) is 38.4 Å². The van der Waals surface area contributed by atoms with Crippen molar-refractivity contribution in [3.8, 4) is 5.75 Å². The lowest BCUT2D eigenvalue weighted by Crippen LogP contribution is -2.37. The minimum Gasteiger partial charge on any atom is -0.493 e. The van der Waals surface area contributed by atoms with Crippen LogP contribution in [0.3, 0.4) is 0 Å². The largest absolute Gasteiger partial charge is 0.493 e. The van der Waals surface area contributed by atoms with Crippen molar-refractivity contribution in [1.82, 2.24) is 4.90 Å². The second-order valence-electron chi connectivity index (χ2n) is 5.64. The Kier molecular flexibility index (Phi) is 4.62. The fourth-order valence-corrected chi connectivity index (χ4v) is 1.85. The standard InChI is InChI=1S/C15H23N3O2/c1-18(2)9-4-10-20-13-6-3-5-12(11-13)17-14(19)15(16)7-8-15/h3,5-6,11H,4,7-10,16H2,1-2H3,(H,17,19). The van der Waals surface area contributed by atoms with Crippen molar-refractivity contribution in [2.75, 3.05) is 32.6 Å². The lowest BCUT2D eigenvalue weighted by Gasteiger charge is -2.13. The van der Waals surface area contributed by atoms with E-state index in [0.29, 0.717) is 6.61 Å². The highest BCUT2D eigenvalue weighted by Crippen LogP contribution is 2.33. The first-order valence-corrected chi connectivity index (χ1v) is 6.97. The molecule has 1 aliphatic carbocycles. The monoisotopic (exact) mass is 277 g/mol. The maximum Gasteiger partial charge on any atom is 0.244 e. The first-order chi connectivity index (χ1) is 9.49. The van der Waals surface area contributed by atoms with E-state index in [-0.39, 0.29) is 5.91 Å². The van der Waals surface area contributed by atoms with Gasteiger partial charge < -0.3 is 20.7 Å². The van der Waals surface area contributed by atoms with E-state index in [9.17, 15) is 4.79 Å². The molecule has 5 nitrogen and oxygen atoms in total. The highest BCUT2D eigenvalue weighted by Gasteiger charge is 2.45. The number of nitrogens with zero attached hydrogens (tertiary/aromatic N) is 1. The molecule has 0 aliphatic heterocycles. The number of anilines is 1. The van der Waals surface area contributed by atoms with Crippen LogP contribution in [0.2, 0.25) is 0 Å². The van der Waals surface area contributed by atoms with Crippen molar-refractivity contribution in [3.05, 3.63) is 24.3 Å². The summed E-state index contributed by atoms with van der Waals surface area (Å²) >= 11 is 0. The van der Waals surface area contributed by atoms with Crippen molar-refractivity contribution in [2.24, 2.45) is 5.73 Å². The predicted octanol–water partition coefficient (Wildman–Crippen LogP) is 1.45. The van der Waals surface area contributed by atoms with Gasteiger partial charge in [-0.15, -0.1) is 0 Å². The normalized spacial score (nSPS) is 16.0. The molecule has 0 spiro atoms. The number of amides is 1. The zero-order valence-electron chi connectivity index (χ0n) is 12.2. The van der Waals surface area contributed by atoms with Gasteiger partial charge in [0.05, 0.1) is 12.1 Å². The third-order valence-corrected chi connectivity index (χ3v) is 3.35. The van der Waals surface area contributed by atoms with Crippen molar-refractivity contribution in [2.45, 2.75) is 24.8 Å². The second kappa shape index (κ2) is 6.24. The van der Waals surface area contributed by atoms with Crippen LogP contribution >= 0.6 is 0 Å². The van der Waals surface area contributed by atoms with E-state index in [0.717, 1.165) is 37.2 Å². The summed E-state index contributed by atoms with van der Waals surface area (Å²) in [7, 11) is 4.08. The Balaban J connectivity index is 1.83. The van der Waals surface area contributed by atoms with Crippen LogP contribution in [0.5, 0.6) is 5.75 Å². The van der Waals surface area contributed by atoms with Gasteiger partial charge in [0.1, 0.15) is 5.75 Å². The Bertz CT molecular complexity index is 470. The number of carbonyl (C=O) groups excluding carboxylic acids is 1. The van der Waals surface area contributed by atoms with Gasteiger partial charge in [-0.05, 0) is 45.5 Å². The number of benzene rings is 1. The molecule has 1 fully saturated rings. The van der Waals surface area contributed by atoms with E-state index < -0.39 is 5.54 Å². The van der Waals surface area contributed by atoms with Gasteiger partial charge in [0.2, 0.25) is 5.91 Å². The zero-order chi connectivity index (χ0) is 14.6. The van der Waals surface area contributed by atoms with Crippen molar-refractivity contribution in [1.29, 1.82) is 0 Å². The van der Waals surface area contributed by atoms with E-state index in [4.69, 9.17) is 10.5 Å². The smallest absolute Gasteiger partial charge is 0.244 e. The Hall–Kier alpha value is -1.59. The van der Waals surface area contributed by atoms with Gasteiger partial charge in [-0.1, -0.05) is 6.07 Å². The number of nitrogens with one attached hydrogen (secondary N) is 1. The molecule has 2 rings (SSSR count). The van der Waals surface area contributed by atoms with Crippen molar-refractivity contribution >= 4 is 11.6 Å². The molecular formula is C15H23N3O2. The molecule has 5 heteroatoms.